The molecule has 1 aromatic rings. The minimum absolute atomic E-state index is 0.160. The molecule has 2 rings (SSSR count). The molecule has 1 N–H and O–H groups in total. The van der Waals surface area contributed by atoms with Crippen LogP contribution in [0.5, 0.6) is 0 Å². The van der Waals surface area contributed by atoms with Crippen molar-refractivity contribution in [2.24, 2.45) is 5.92 Å². The minimum Gasteiger partial charge on any atom is -0.373 e. The van der Waals surface area contributed by atoms with Crippen molar-refractivity contribution in [2.75, 3.05) is 7.05 Å². The van der Waals surface area contributed by atoms with Crippen molar-refractivity contribution in [3.8, 4) is 0 Å². The number of hydrogen-bond acceptors (Lipinski definition) is 2. The minimum atomic E-state index is -0.160. The summed E-state index contributed by atoms with van der Waals surface area (Å²) in [7, 11) is 1.90. The van der Waals surface area contributed by atoms with E-state index in [9.17, 15) is 4.39 Å². The first kappa shape index (κ1) is 15.5. The van der Waals surface area contributed by atoms with Crippen LogP contribution in [0.2, 0.25) is 0 Å². The highest BCUT2D eigenvalue weighted by Crippen LogP contribution is 2.29. The Morgan fingerprint density at radius 1 is 1.35 bits per heavy atom. The third-order valence-corrected chi connectivity index (χ3v) is 4.28. The normalized spacial score (nSPS) is 22.9. The molecule has 0 saturated heterocycles. The molecular weight excluding hydrogens is 253 g/mol. The topological polar surface area (TPSA) is 21.3 Å². The highest BCUT2D eigenvalue weighted by atomic mass is 19.1. The SMILES string of the molecule is CCC1CCCC(OCc2cc(CNC)ccc2F)C1. The van der Waals surface area contributed by atoms with Crippen LogP contribution in [0.3, 0.4) is 0 Å². The molecule has 1 aliphatic rings. The van der Waals surface area contributed by atoms with Gasteiger partial charge in [0.15, 0.2) is 0 Å². The van der Waals surface area contributed by atoms with E-state index in [-0.39, 0.29) is 5.82 Å². The number of benzene rings is 1. The first-order valence-corrected chi connectivity index (χ1v) is 7.76. The van der Waals surface area contributed by atoms with Gasteiger partial charge in [0.05, 0.1) is 12.7 Å². The molecule has 2 unspecified atom stereocenters. The molecule has 1 saturated carbocycles. The van der Waals surface area contributed by atoms with Crippen LogP contribution in [0.15, 0.2) is 18.2 Å². The standard InChI is InChI=1S/C17H26FNO/c1-3-13-5-4-6-16(10-13)20-12-15-9-14(11-19-2)7-8-17(15)18/h7-9,13,16,19H,3-6,10-12H2,1-2H3. The molecule has 20 heavy (non-hydrogen) atoms. The smallest absolute Gasteiger partial charge is 0.128 e. The molecular formula is C17H26FNO. The van der Waals surface area contributed by atoms with Gasteiger partial charge in [-0.1, -0.05) is 32.3 Å². The Hall–Kier alpha value is -0.930. The highest BCUT2D eigenvalue weighted by molar-refractivity contribution is 5.24. The Kier molecular flexibility index (Phi) is 5.99. The van der Waals surface area contributed by atoms with Crippen molar-refractivity contribution in [3.05, 3.63) is 35.1 Å². The number of ether oxygens (including phenoxy) is 1. The van der Waals surface area contributed by atoms with E-state index in [0.717, 1.165) is 30.9 Å². The van der Waals surface area contributed by atoms with Crippen LogP contribution in [0.4, 0.5) is 4.39 Å². The van der Waals surface area contributed by atoms with E-state index in [0.29, 0.717) is 18.3 Å². The third-order valence-electron chi connectivity index (χ3n) is 4.28. The van der Waals surface area contributed by atoms with Gasteiger partial charge in [0.1, 0.15) is 5.82 Å². The Morgan fingerprint density at radius 2 is 2.20 bits per heavy atom. The maximum Gasteiger partial charge on any atom is 0.128 e. The summed E-state index contributed by atoms with van der Waals surface area (Å²) in [5.74, 6) is 0.627. The van der Waals surface area contributed by atoms with Crippen molar-refractivity contribution in [2.45, 2.75) is 58.3 Å². The summed E-state index contributed by atoms with van der Waals surface area (Å²) in [4.78, 5) is 0. The van der Waals surface area contributed by atoms with Gasteiger partial charge in [0, 0.05) is 12.1 Å². The molecule has 112 valence electrons. The van der Waals surface area contributed by atoms with Gasteiger partial charge in [-0.05, 0) is 43.5 Å². The van der Waals surface area contributed by atoms with Gasteiger partial charge in [-0.25, -0.2) is 4.39 Å². The zero-order valence-corrected chi connectivity index (χ0v) is 12.6. The van der Waals surface area contributed by atoms with Crippen LogP contribution < -0.4 is 5.32 Å². The first-order chi connectivity index (χ1) is 9.72. The van der Waals surface area contributed by atoms with Gasteiger partial charge in [-0.15, -0.1) is 0 Å². The molecule has 1 aromatic carbocycles. The summed E-state index contributed by atoms with van der Waals surface area (Å²) in [6, 6.07) is 5.27. The first-order valence-electron chi connectivity index (χ1n) is 7.76. The predicted molar refractivity (Wildman–Crippen MR) is 80.0 cm³/mol. The molecule has 0 bridgehead atoms. The van der Waals surface area contributed by atoms with Crippen molar-refractivity contribution in [1.29, 1.82) is 0 Å². The number of hydrogen-bond donors (Lipinski definition) is 1. The van der Waals surface area contributed by atoms with E-state index in [2.05, 4.69) is 12.2 Å². The van der Waals surface area contributed by atoms with Crippen LogP contribution in [-0.4, -0.2) is 13.2 Å². The van der Waals surface area contributed by atoms with Gasteiger partial charge in [0.25, 0.3) is 0 Å². The molecule has 1 fully saturated rings. The van der Waals surface area contributed by atoms with E-state index in [1.54, 1.807) is 6.07 Å². The predicted octanol–water partition coefficient (Wildman–Crippen LogP) is 4.03. The molecule has 0 heterocycles. The van der Waals surface area contributed by atoms with Gasteiger partial charge in [0.2, 0.25) is 0 Å². The van der Waals surface area contributed by atoms with Crippen molar-refractivity contribution in [3.63, 3.8) is 0 Å². The van der Waals surface area contributed by atoms with E-state index in [1.165, 1.54) is 19.3 Å². The van der Waals surface area contributed by atoms with Crippen molar-refractivity contribution >= 4 is 0 Å². The average Bonchev–Trinajstić information content (AvgIpc) is 2.48. The van der Waals surface area contributed by atoms with Gasteiger partial charge in [-0.2, -0.15) is 0 Å². The number of rotatable bonds is 6. The van der Waals surface area contributed by atoms with Gasteiger partial charge in [-0.3, -0.25) is 0 Å². The molecule has 3 heteroatoms. The summed E-state index contributed by atoms with van der Waals surface area (Å²) in [5, 5.41) is 3.09. The Morgan fingerprint density at radius 3 is 2.95 bits per heavy atom. The molecule has 0 radical (unpaired) electrons. The molecule has 0 spiro atoms. The molecule has 0 aromatic heterocycles. The van der Waals surface area contributed by atoms with Crippen LogP contribution in [-0.2, 0) is 17.9 Å². The van der Waals surface area contributed by atoms with E-state index >= 15 is 0 Å². The van der Waals surface area contributed by atoms with Gasteiger partial charge >= 0.3 is 0 Å². The quantitative estimate of drug-likeness (QED) is 0.849. The fourth-order valence-corrected chi connectivity index (χ4v) is 3.02. The van der Waals surface area contributed by atoms with E-state index in [1.807, 2.05) is 19.2 Å². The highest BCUT2D eigenvalue weighted by Gasteiger charge is 2.21. The lowest BCUT2D eigenvalue weighted by Gasteiger charge is -2.28. The maximum absolute atomic E-state index is 13.8. The van der Waals surface area contributed by atoms with E-state index < -0.39 is 0 Å². The molecule has 2 nitrogen and oxygen atoms in total. The lowest BCUT2D eigenvalue weighted by molar-refractivity contribution is 0.000636. The zero-order valence-electron chi connectivity index (χ0n) is 12.6. The zero-order chi connectivity index (χ0) is 14.4. The fraction of sp³-hybridized carbons (Fsp3) is 0.647. The van der Waals surface area contributed by atoms with Crippen LogP contribution in [0, 0.1) is 11.7 Å². The van der Waals surface area contributed by atoms with Crippen LogP contribution in [0.1, 0.15) is 50.2 Å². The van der Waals surface area contributed by atoms with Crippen LogP contribution >= 0.6 is 0 Å². The monoisotopic (exact) mass is 279 g/mol. The number of halogens is 1. The summed E-state index contributed by atoms with van der Waals surface area (Å²) in [6.07, 6.45) is 6.35. The van der Waals surface area contributed by atoms with E-state index in [4.69, 9.17) is 4.74 Å². The lowest BCUT2D eigenvalue weighted by atomic mass is 9.85. The number of nitrogens with one attached hydrogen (secondary N) is 1. The van der Waals surface area contributed by atoms with Crippen LogP contribution in [0.25, 0.3) is 0 Å². The summed E-state index contributed by atoms with van der Waals surface area (Å²) >= 11 is 0. The summed E-state index contributed by atoms with van der Waals surface area (Å²) in [5.41, 5.74) is 1.78. The summed E-state index contributed by atoms with van der Waals surface area (Å²) < 4.78 is 19.8. The van der Waals surface area contributed by atoms with Gasteiger partial charge < -0.3 is 10.1 Å². The van der Waals surface area contributed by atoms with Crippen molar-refractivity contribution in [1.82, 2.24) is 5.32 Å². The Bertz CT molecular complexity index is 421. The average molecular weight is 279 g/mol. The van der Waals surface area contributed by atoms with Crippen molar-refractivity contribution < 1.29 is 9.13 Å². The second kappa shape index (κ2) is 7.75. The lowest BCUT2D eigenvalue weighted by Crippen LogP contribution is -2.22. The Balaban J connectivity index is 1.91. The summed E-state index contributed by atoms with van der Waals surface area (Å²) in [6.45, 7) is 3.40. The molecule has 0 amide bonds. The molecule has 1 aliphatic carbocycles. The maximum atomic E-state index is 13.8. The fourth-order valence-electron chi connectivity index (χ4n) is 3.02. The largest absolute Gasteiger partial charge is 0.373 e. The third kappa shape index (κ3) is 4.29. The molecule has 0 aliphatic heterocycles. The second-order valence-corrected chi connectivity index (χ2v) is 5.83. The molecule has 2 atom stereocenters. The second-order valence-electron chi connectivity index (χ2n) is 5.83. The Labute approximate surface area is 121 Å².